The van der Waals surface area contributed by atoms with Gasteiger partial charge in [0.15, 0.2) is 0 Å². The molecule has 1 aromatic heterocycles. The summed E-state index contributed by atoms with van der Waals surface area (Å²) in [5, 5.41) is 2.44. The van der Waals surface area contributed by atoms with E-state index < -0.39 is 0 Å². The quantitative estimate of drug-likeness (QED) is 0.733. The molecule has 2 rings (SSSR count). The maximum Gasteiger partial charge on any atom is 0.0931 e. The Morgan fingerprint density at radius 3 is 2.93 bits per heavy atom. The summed E-state index contributed by atoms with van der Waals surface area (Å²) in [4.78, 5) is 2.42. The second-order valence-corrected chi connectivity index (χ2v) is 6.55. The fourth-order valence-electron chi connectivity index (χ4n) is 2.20. The third-order valence-corrected chi connectivity index (χ3v) is 4.17. The maximum absolute atomic E-state index is 6.21. The highest BCUT2D eigenvalue weighted by atomic mass is 35.5. The Labute approximate surface area is 105 Å². The van der Waals surface area contributed by atoms with E-state index in [1.54, 1.807) is 11.3 Å². The molecule has 0 spiro atoms. The highest BCUT2D eigenvalue weighted by molar-refractivity contribution is 7.14. The van der Waals surface area contributed by atoms with E-state index in [9.17, 15) is 0 Å². The minimum absolute atomic E-state index is 0.308. The monoisotopic (exact) mass is 263 g/mol. The lowest BCUT2D eigenvalue weighted by Gasteiger charge is -2.33. The molecule has 1 fully saturated rings. The van der Waals surface area contributed by atoms with E-state index in [0.29, 0.717) is 11.3 Å². The van der Waals surface area contributed by atoms with Gasteiger partial charge in [-0.05, 0) is 29.3 Å². The van der Waals surface area contributed by atoms with E-state index >= 15 is 0 Å². The summed E-state index contributed by atoms with van der Waals surface area (Å²) < 4.78 is 0.873. The molecule has 1 aromatic rings. The Morgan fingerprint density at radius 2 is 2.33 bits per heavy atom. The lowest BCUT2D eigenvalue weighted by atomic mass is 9.99. The number of alkyl halides is 1. The summed E-state index contributed by atoms with van der Waals surface area (Å²) >= 11 is 13.7. The van der Waals surface area contributed by atoms with E-state index in [4.69, 9.17) is 23.2 Å². The first kappa shape index (κ1) is 11.7. The number of thiophene rings is 1. The topological polar surface area (TPSA) is 3.24 Å². The molecular weight excluding hydrogens is 249 g/mol. The van der Waals surface area contributed by atoms with Crippen LogP contribution in [0.4, 0.5) is 0 Å². The molecule has 0 N–H and O–H groups in total. The molecule has 0 aromatic carbocycles. The lowest BCUT2D eigenvalue weighted by molar-refractivity contribution is 0.180. The van der Waals surface area contributed by atoms with E-state index in [1.807, 2.05) is 0 Å². The van der Waals surface area contributed by atoms with Crippen LogP contribution in [0.1, 0.15) is 18.9 Å². The molecule has 1 aliphatic rings. The van der Waals surface area contributed by atoms with Crippen LogP contribution >= 0.6 is 34.5 Å². The molecule has 0 aliphatic carbocycles. The molecule has 0 saturated carbocycles. The normalized spacial score (nSPS) is 28.2. The second-order valence-electron chi connectivity index (χ2n) is 4.39. The van der Waals surface area contributed by atoms with Gasteiger partial charge in [-0.2, -0.15) is 0 Å². The zero-order valence-electron chi connectivity index (χ0n) is 8.75. The van der Waals surface area contributed by atoms with Crippen LogP contribution in [0, 0.1) is 5.92 Å². The number of likely N-dealkylation sites (tertiary alicyclic amines) is 1. The van der Waals surface area contributed by atoms with Gasteiger partial charge in [-0.15, -0.1) is 22.9 Å². The van der Waals surface area contributed by atoms with Gasteiger partial charge < -0.3 is 0 Å². The van der Waals surface area contributed by atoms with Crippen molar-refractivity contribution in [2.75, 3.05) is 13.1 Å². The summed E-state index contributed by atoms with van der Waals surface area (Å²) in [6.07, 6.45) is 1.14. The predicted octanol–water partition coefficient (Wildman–Crippen LogP) is 3.85. The first-order valence-corrected chi connectivity index (χ1v) is 6.92. The van der Waals surface area contributed by atoms with Crippen molar-refractivity contribution in [3.8, 4) is 0 Å². The van der Waals surface area contributed by atoms with Gasteiger partial charge in [0.05, 0.1) is 4.34 Å². The minimum Gasteiger partial charge on any atom is -0.297 e. The highest BCUT2D eigenvalue weighted by Gasteiger charge is 2.23. The Balaban J connectivity index is 1.94. The molecule has 0 amide bonds. The maximum atomic E-state index is 6.21. The number of hydrogen-bond donors (Lipinski definition) is 0. The molecule has 1 aliphatic heterocycles. The fraction of sp³-hybridized carbons (Fsp3) is 0.636. The molecule has 1 saturated heterocycles. The lowest BCUT2D eigenvalue weighted by Crippen LogP contribution is -2.39. The van der Waals surface area contributed by atoms with Gasteiger partial charge in [0.25, 0.3) is 0 Å². The molecule has 2 heterocycles. The third kappa shape index (κ3) is 3.35. The summed E-state index contributed by atoms with van der Waals surface area (Å²) in [5.41, 5.74) is 1.31. The zero-order chi connectivity index (χ0) is 10.8. The van der Waals surface area contributed by atoms with Crippen molar-refractivity contribution < 1.29 is 0 Å². The van der Waals surface area contributed by atoms with E-state index in [2.05, 4.69) is 23.3 Å². The molecule has 1 nitrogen and oxygen atoms in total. The van der Waals surface area contributed by atoms with Gasteiger partial charge >= 0.3 is 0 Å². The molecular formula is C11H15Cl2NS. The SMILES string of the molecule is CC1CC(Cl)CN(Cc2csc(Cl)c2)C1. The Kier molecular flexibility index (Phi) is 3.94. The van der Waals surface area contributed by atoms with Gasteiger partial charge in [0.2, 0.25) is 0 Å². The first-order valence-electron chi connectivity index (χ1n) is 5.23. The number of rotatable bonds is 2. The van der Waals surface area contributed by atoms with Crippen molar-refractivity contribution >= 4 is 34.5 Å². The zero-order valence-corrected chi connectivity index (χ0v) is 11.1. The van der Waals surface area contributed by atoms with E-state index in [-0.39, 0.29) is 0 Å². The third-order valence-electron chi connectivity index (χ3n) is 2.71. The summed E-state index contributed by atoms with van der Waals surface area (Å²) in [7, 11) is 0. The molecule has 84 valence electrons. The highest BCUT2D eigenvalue weighted by Crippen LogP contribution is 2.25. The molecule has 15 heavy (non-hydrogen) atoms. The van der Waals surface area contributed by atoms with Gasteiger partial charge in [-0.3, -0.25) is 4.90 Å². The van der Waals surface area contributed by atoms with Crippen LogP contribution < -0.4 is 0 Å². The average molecular weight is 264 g/mol. The average Bonchev–Trinajstić information content (AvgIpc) is 2.49. The van der Waals surface area contributed by atoms with E-state index in [0.717, 1.165) is 30.4 Å². The number of nitrogens with zero attached hydrogens (tertiary/aromatic N) is 1. The van der Waals surface area contributed by atoms with E-state index in [1.165, 1.54) is 5.56 Å². The van der Waals surface area contributed by atoms with Crippen molar-refractivity contribution in [3.05, 3.63) is 21.3 Å². The molecule has 4 heteroatoms. The Morgan fingerprint density at radius 1 is 1.53 bits per heavy atom. The van der Waals surface area contributed by atoms with Crippen LogP contribution in [0.15, 0.2) is 11.4 Å². The van der Waals surface area contributed by atoms with Crippen LogP contribution in [0.25, 0.3) is 0 Å². The second kappa shape index (κ2) is 5.05. The molecule has 0 bridgehead atoms. The summed E-state index contributed by atoms with van der Waals surface area (Å²) in [5.74, 6) is 0.704. The van der Waals surface area contributed by atoms with Gasteiger partial charge in [0, 0.05) is 25.0 Å². The van der Waals surface area contributed by atoms with Gasteiger partial charge in [0.1, 0.15) is 0 Å². The van der Waals surface area contributed by atoms with Crippen LogP contribution in [-0.4, -0.2) is 23.4 Å². The molecule has 2 unspecified atom stereocenters. The Hall–Kier alpha value is 0.240. The van der Waals surface area contributed by atoms with Crippen molar-refractivity contribution in [2.45, 2.75) is 25.3 Å². The fourth-order valence-corrected chi connectivity index (χ4v) is 3.60. The predicted molar refractivity (Wildman–Crippen MR) is 68.0 cm³/mol. The minimum atomic E-state index is 0.308. The van der Waals surface area contributed by atoms with Crippen molar-refractivity contribution in [1.29, 1.82) is 0 Å². The summed E-state index contributed by atoms with van der Waals surface area (Å²) in [6, 6.07) is 2.05. The van der Waals surface area contributed by atoms with Crippen molar-refractivity contribution in [2.24, 2.45) is 5.92 Å². The number of hydrogen-bond acceptors (Lipinski definition) is 2. The van der Waals surface area contributed by atoms with Gasteiger partial charge in [-0.1, -0.05) is 18.5 Å². The first-order chi connectivity index (χ1) is 7.13. The summed E-state index contributed by atoms with van der Waals surface area (Å²) in [6.45, 7) is 5.40. The van der Waals surface area contributed by atoms with Gasteiger partial charge in [-0.25, -0.2) is 0 Å². The van der Waals surface area contributed by atoms with Crippen LogP contribution in [0.5, 0.6) is 0 Å². The smallest absolute Gasteiger partial charge is 0.0931 e. The Bertz CT molecular complexity index is 316. The van der Waals surface area contributed by atoms with Crippen molar-refractivity contribution in [1.82, 2.24) is 4.90 Å². The number of piperidine rings is 1. The molecule has 2 atom stereocenters. The van der Waals surface area contributed by atoms with Crippen molar-refractivity contribution in [3.63, 3.8) is 0 Å². The standard InChI is InChI=1S/C11H15Cl2NS/c1-8-2-10(12)6-14(4-8)5-9-3-11(13)15-7-9/h3,7-8,10H,2,4-6H2,1H3. The molecule has 0 radical (unpaired) electrons. The van der Waals surface area contributed by atoms with Crippen LogP contribution in [0.2, 0.25) is 4.34 Å². The number of halogens is 2. The van der Waals surface area contributed by atoms with Crippen LogP contribution in [-0.2, 0) is 6.54 Å². The van der Waals surface area contributed by atoms with Crippen LogP contribution in [0.3, 0.4) is 0 Å². The largest absolute Gasteiger partial charge is 0.297 e.